The molecule has 13 heavy (non-hydrogen) atoms. The molecule has 0 spiro atoms. The van der Waals surface area contributed by atoms with Gasteiger partial charge in [-0.05, 0) is 12.1 Å². The smallest absolute Gasteiger partial charge is 0.327 e. The summed E-state index contributed by atoms with van der Waals surface area (Å²) in [6.45, 7) is 0. The van der Waals surface area contributed by atoms with Crippen LogP contribution in [0.1, 0.15) is 0 Å². The number of benzene rings is 1. The molecule has 6 nitrogen and oxygen atoms in total. The molecule has 1 aromatic rings. The van der Waals surface area contributed by atoms with Crippen molar-refractivity contribution in [2.45, 2.75) is 0 Å². The lowest BCUT2D eigenvalue weighted by atomic mass is 10.3. The Morgan fingerprint density at radius 2 is 1.92 bits per heavy atom. The van der Waals surface area contributed by atoms with Gasteiger partial charge in [0.2, 0.25) is 0 Å². The Labute approximate surface area is 74.3 Å². The van der Waals surface area contributed by atoms with Crippen LogP contribution in [-0.2, 0) is 13.9 Å². The van der Waals surface area contributed by atoms with Gasteiger partial charge in [0.25, 0.3) is 0 Å². The molecule has 0 aliphatic rings. The van der Waals surface area contributed by atoms with Crippen molar-refractivity contribution in [2.75, 3.05) is 0 Å². The van der Waals surface area contributed by atoms with E-state index in [2.05, 4.69) is 20.1 Å². The third kappa shape index (κ3) is 3.54. The van der Waals surface area contributed by atoms with E-state index >= 15 is 0 Å². The van der Waals surface area contributed by atoms with E-state index < -0.39 is 7.82 Å². The average Bonchev–Trinajstić information content (AvgIpc) is 2.17. The van der Waals surface area contributed by atoms with E-state index in [1.54, 1.807) is 18.2 Å². The summed E-state index contributed by atoms with van der Waals surface area (Å²) >= 11 is 0. The van der Waals surface area contributed by atoms with E-state index in [1.807, 2.05) is 0 Å². The highest BCUT2D eigenvalue weighted by molar-refractivity contribution is 7.47. The van der Waals surface area contributed by atoms with E-state index in [-0.39, 0.29) is 5.75 Å². The lowest BCUT2D eigenvalue weighted by Crippen LogP contribution is -2.02. The molecule has 3 N–H and O–H groups in total. The van der Waals surface area contributed by atoms with Crippen molar-refractivity contribution in [3.05, 3.63) is 30.3 Å². The molecule has 1 unspecified atom stereocenters. The number of phosphoric acid groups is 1. The summed E-state index contributed by atoms with van der Waals surface area (Å²) in [5.41, 5.74) is 0. The minimum absolute atomic E-state index is 0.272. The van der Waals surface area contributed by atoms with E-state index in [0.717, 1.165) is 0 Å². The fourth-order valence-electron chi connectivity index (χ4n) is 0.584. The standard InChI is InChI=1S/C6H8NO5P/c7-11-13(8,9)12-10-6-4-2-1-3-5-6/h1-5H,7H2,(H,8,9). The molecule has 0 aliphatic heterocycles. The molecule has 7 heteroatoms. The van der Waals surface area contributed by atoms with Crippen LogP contribution in [0.2, 0.25) is 0 Å². The Bertz CT molecular complexity index is 303. The highest BCUT2D eigenvalue weighted by atomic mass is 31.2. The highest BCUT2D eigenvalue weighted by Crippen LogP contribution is 2.41. The zero-order valence-corrected chi connectivity index (χ0v) is 7.39. The van der Waals surface area contributed by atoms with Gasteiger partial charge in [0.15, 0.2) is 5.75 Å². The molecule has 0 aliphatic carbocycles. The van der Waals surface area contributed by atoms with Crippen molar-refractivity contribution in [1.29, 1.82) is 0 Å². The normalized spacial score (nSPS) is 14.9. The number of hydrogen-bond donors (Lipinski definition) is 2. The topological polar surface area (TPSA) is 91.0 Å². The monoisotopic (exact) mass is 205 g/mol. The molecule has 0 aromatic heterocycles. The van der Waals surface area contributed by atoms with Crippen LogP contribution in [0, 0.1) is 0 Å². The summed E-state index contributed by atoms with van der Waals surface area (Å²) in [7, 11) is -4.28. The SMILES string of the molecule is NOP(=O)(O)OOc1ccccc1. The largest absolute Gasteiger partial charge is 0.524 e. The molecule has 0 radical (unpaired) electrons. The first-order chi connectivity index (χ1) is 6.14. The fourth-order valence-corrected chi connectivity index (χ4v) is 0.799. The summed E-state index contributed by atoms with van der Waals surface area (Å²) in [5, 5.41) is 0. The summed E-state index contributed by atoms with van der Waals surface area (Å²) < 4.78 is 18.3. The van der Waals surface area contributed by atoms with Gasteiger partial charge in [0, 0.05) is 0 Å². The van der Waals surface area contributed by atoms with Crippen LogP contribution in [0.15, 0.2) is 30.3 Å². The van der Waals surface area contributed by atoms with Crippen molar-refractivity contribution >= 4 is 7.82 Å². The maximum atomic E-state index is 10.6. The molecular weight excluding hydrogens is 197 g/mol. The van der Waals surface area contributed by atoms with Gasteiger partial charge in [-0.3, -0.25) is 4.89 Å². The maximum Gasteiger partial charge on any atom is 0.524 e. The zero-order valence-electron chi connectivity index (χ0n) is 6.49. The molecular formula is C6H8NO5P. The van der Waals surface area contributed by atoms with Gasteiger partial charge in [0.05, 0.1) is 0 Å². The first-order valence-corrected chi connectivity index (χ1v) is 4.76. The predicted octanol–water partition coefficient (Wildman–Crippen LogP) is 0.988. The Kier molecular flexibility index (Phi) is 3.41. The van der Waals surface area contributed by atoms with E-state index in [1.165, 1.54) is 12.1 Å². The lowest BCUT2D eigenvalue weighted by Gasteiger charge is -2.06. The zero-order chi connectivity index (χ0) is 9.73. The summed E-state index contributed by atoms with van der Waals surface area (Å²) in [5.74, 6) is 4.72. The molecule has 0 saturated heterocycles. The van der Waals surface area contributed by atoms with Crippen LogP contribution < -0.4 is 10.8 Å². The van der Waals surface area contributed by atoms with Crippen molar-refractivity contribution < 1.29 is 23.6 Å². The van der Waals surface area contributed by atoms with Crippen LogP contribution in [0.4, 0.5) is 0 Å². The molecule has 1 rings (SSSR count). The Morgan fingerprint density at radius 3 is 2.46 bits per heavy atom. The second kappa shape index (κ2) is 4.36. The van der Waals surface area contributed by atoms with Crippen LogP contribution in [0.25, 0.3) is 0 Å². The molecule has 0 amide bonds. The molecule has 1 aromatic carbocycles. The van der Waals surface area contributed by atoms with Crippen molar-refractivity contribution in [1.82, 2.24) is 0 Å². The number of hydrogen-bond acceptors (Lipinski definition) is 5. The fraction of sp³-hybridized carbons (Fsp3) is 0. The van der Waals surface area contributed by atoms with Crippen LogP contribution in [0.3, 0.4) is 0 Å². The highest BCUT2D eigenvalue weighted by Gasteiger charge is 2.21. The minimum Gasteiger partial charge on any atom is -0.327 e. The summed E-state index contributed by atoms with van der Waals surface area (Å²) in [6, 6.07) is 8.17. The molecule has 1 atom stereocenters. The maximum absolute atomic E-state index is 10.6. The second-order valence-electron chi connectivity index (χ2n) is 2.04. The van der Waals surface area contributed by atoms with E-state index in [9.17, 15) is 4.57 Å². The quantitative estimate of drug-likeness (QED) is 0.432. The van der Waals surface area contributed by atoms with E-state index in [0.29, 0.717) is 0 Å². The molecule has 0 heterocycles. The Hall–Kier alpha value is -0.910. The van der Waals surface area contributed by atoms with Gasteiger partial charge in [0.1, 0.15) is 0 Å². The van der Waals surface area contributed by atoms with Crippen LogP contribution >= 0.6 is 7.82 Å². The van der Waals surface area contributed by atoms with Gasteiger partial charge < -0.3 is 4.89 Å². The third-order valence-electron chi connectivity index (χ3n) is 1.10. The van der Waals surface area contributed by atoms with Crippen molar-refractivity contribution in [3.63, 3.8) is 0 Å². The summed E-state index contributed by atoms with van der Waals surface area (Å²) in [6.07, 6.45) is 0. The van der Waals surface area contributed by atoms with Gasteiger partial charge in [-0.15, -0.1) is 0 Å². The first kappa shape index (κ1) is 10.2. The lowest BCUT2D eigenvalue weighted by molar-refractivity contribution is -0.127. The number of nitrogens with two attached hydrogens (primary N) is 1. The van der Waals surface area contributed by atoms with Gasteiger partial charge in [-0.2, -0.15) is 4.62 Å². The summed E-state index contributed by atoms with van der Waals surface area (Å²) in [4.78, 5) is 13.1. The van der Waals surface area contributed by atoms with Gasteiger partial charge >= 0.3 is 7.82 Å². The Balaban J connectivity index is 2.49. The average molecular weight is 205 g/mol. The van der Waals surface area contributed by atoms with Crippen LogP contribution in [-0.4, -0.2) is 4.89 Å². The van der Waals surface area contributed by atoms with E-state index in [4.69, 9.17) is 4.89 Å². The minimum atomic E-state index is -4.28. The third-order valence-corrected chi connectivity index (χ3v) is 1.63. The Morgan fingerprint density at radius 1 is 1.31 bits per heavy atom. The van der Waals surface area contributed by atoms with Crippen molar-refractivity contribution in [3.8, 4) is 5.75 Å². The predicted molar refractivity (Wildman–Crippen MR) is 43.3 cm³/mol. The molecule has 0 saturated carbocycles. The van der Waals surface area contributed by atoms with Gasteiger partial charge in [-0.1, -0.05) is 22.9 Å². The number of rotatable bonds is 4. The molecule has 72 valence electrons. The number of para-hydroxylation sites is 1. The molecule has 0 fully saturated rings. The van der Waals surface area contributed by atoms with Crippen molar-refractivity contribution in [2.24, 2.45) is 5.90 Å². The first-order valence-electron chi connectivity index (χ1n) is 3.26. The second-order valence-corrected chi connectivity index (χ2v) is 3.34. The van der Waals surface area contributed by atoms with Crippen LogP contribution in [0.5, 0.6) is 5.75 Å². The van der Waals surface area contributed by atoms with Gasteiger partial charge in [-0.25, -0.2) is 10.5 Å². The molecule has 0 bridgehead atoms.